The SMILES string of the molecule is COc1cccc(C=NCCNC2=C(C(=S)SC)CCC2)c1O. The average Bonchev–Trinajstić information content (AvgIpc) is 3.03. The average molecular weight is 351 g/mol. The molecule has 0 aliphatic heterocycles. The van der Waals surface area contributed by atoms with Crippen molar-refractivity contribution in [1.29, 1.82) is 0 Å². The molecule has 1 aliphatic carbocycles. The topological polar surface area (TPSA) is 53.8 Å². The molecule has 4 nitrogen and oxygen atoms in total. The van der Waals surface area contributed by atoms with E-state index in [0.717, 1.165) is 23.6 Å². The molecule has 0 saturated carbocycles. The third-order valence-corrected chi connectivity index (χ3v) is 5.07. The van der Waals surface area contributed by atoms with Crippen LogP contribution in [0.1, 0.15) is 24.8 Å². The monoisotopic (exact) mass is 350 g/mol. The van der Waals surface area contributed by atoms with Crippen LogP contribution in [0.4, 0.5) is 0 Å². The van der Waals surface area contributed by atoms with E-state index in [0.29, 0.717) is 17.9 Å². The fourth-order valence-corrected chi connectivity index (χ4v) is 3.23. The number of ether oxygens (including phenoxy) is 1. The second kappa shape index (κ2) is 8.93. The van der Waals surface area contributed by atoms with Crippen LogP contribution in [0.25, 0.3) is 0 Å². The number of aliphatic imine (C=N–C) groups is 1. The first-order valence-corrected chi connectivity index (χ1v) is 9.20. The molecule has 0 heterocycles. The van der Waals surface area contributed by atoms with E-state index in [1.54, 1.807) is 24.0 Å². The van der Waals surface area contributed by atoms with Gasteiger partial charge in [-0.2, -0.15) is 0 Å². The van der Waals surface area contributed by atoms with Gasteiger partial charge in [0.2, 0.25) is 0 Å². The Morgan fingerprint density at radius 2 is 2.30 bits per heavy atom. The van der Waals surface area contributed by atoms with E-state index in [2.05, 4.69) is 10.3 Å². The van der Waals surface area contributed by atoms with Crippen molar-refractivity contribution < 1.29 is 9.84 Å². The zero-order valence-electron chi connectivity index (χ0n) is 13.5. The summed E-state index contributed by atoms with van der Waals surface area (Å²) >= 11 is 7.03. The number of phenolic OH excluding ortho intramolecular Hbond substituents is 1. The van der Waals surface area contributed by atoms with Crippen molar-refractivity contribution in [1.82, 2.24) is 5.32 Å². The normalized spacial score (nSPS) is 14.5. The van der Waals surface area contributed by atoms with Gasteiger partial charge in [0.25, 0.3) is 0 Å². The molecule has 124 valence electrons. The van der Waals surface area contributed by atoms with Crippen LogP contribution >= 0.6 is 24.0 Å². The molecule has 1 aromatic rings. The highest BCUT2D eigenvalue weighted by atomic mass is 32.2. The summed E-state index contributed by atoms with van der Waals surface area (Å²) in [6.45, 7) is 1.40. The second-order valence-corrected chi connectivity index (χ2v) is 6.65. The van der Waals surface area contributed by atoms with Crippen LogP contribution in [0.5, 0.6) is 11.5 Å². The van der Waals surface area contributed by atoms with Gasteiger partial charge >= 0.3 is 0 Å². The maximum atomic E-state index is 9.98. The Morgan fingerprint density at radius 1 is 1.48 bits per heavy atom. The number of hydrogen-bond acceptors (Lipinski definition) is 6. The summed E-state index contributed by atoms with van der Waals surface area (Å²) in [6.07, 6.45) is 7.00. The number of thiocarbonyl (C=S) groups is 1. The number of aromatic hydroxyl groups is 1. The second-order valence-electron chi connectivity index (χ2n) is 5.16. The molecular weight excluding hydrogens is 328 g/mol. The maximum absolute atomic E-state index is 9.98. The lowest BCUT2D eigenvalue weighted by atomic mass is 10.2. The Hall–Kier alpha value is -1.53. The highest BCUT2D eigenvalue weighted by Gasteiger charge is 2.17. The highest BCUT2D eigenvalue weighted by molar-refractivity contribution is 8.23. The van der Waals surface area contributed by atoms with Crippen molar-refractivity contribution in [2.45, 2.75) is 19.3 Å². The summed E-state index contributed by atoms with van der Waals surface area (Å²) in [6, 6.07) is 5.36. The van der Waals surface area contributed by atoms with Crippen molar-refractivity contribution in [2.75, 3.05) is 26.5 Å². The maximum Gasteiger partial charge on any atom is 0.166 e. The van der Waals surface area contributed by atoms with Crippen LogP contribution in [-0.2, 0) is 0 Å². The molecule has 0 saturated heterocycles. The number of rotatable bonds is 7. The lowest BCUT2D eigenvalue weighted by Gasteiger charge is -2.09. The van der Waals surface area contributed by atoms with Gasteiger partial charge in [0.15, 0.2) is 11.5 Å². The standard InChI is InChI=1S/C17H22N2O2S2/c1-21-15-8-3-5-12(16(15)20)11-18-9-10-19-14-7-4-6-13(14)17(22)23-2/h3,5,8,11,19-20H,4,6-7,9-10H2,1-2H3. The number of nitrogens with one attached hydrogen (secondary N) is 1. The molecule has 1 aromatic carbocycles. The molecule has 0 fully saturated rings. The van der Waals surface area contributed by atoms with E-state index in [1.807, 2.05) is 18.4 Å². The molecule has 0 spiro atoms. The number of para-hydroxylation sites is 1. The van der Waals surface area contributed by atoms with Crippen LogP contribution in [0.3, 0.4) is 0 Å². The number of benzene rings is 1. The fourth-order valence-electron chi connectivity index (χ4n) is 2.53. The number of phenols is 1. The van der Waals surface area contributed by atoms with Crippen molar-refractivity contribution in [3.63, 3.8) is 0 Å². The molecule has 2 rings (SSSR count). The van der Waals surface area contributed by atoms with Crippen LogP contribution in [0, 0.1) is 0 Å². The van der Waals surface area contributed by atoms with Crippen LogP contribution in [-0.4, -0.2) is 42.0 Å². The molecule has 6 heteroatoms. The third-order valence-electron chi connectivity index (χ3n) is 3.71. The minimum absolute atomic E-state index is 0.123. The van der Waals surface area contributed by atoms with E-state index in [1.165, 1.54) is 24.8 Å². The summed E-state index contributed by atoms with van der Waals surface area (Å²) in [4.78, 5) is 4.37. The molecule has 0 unspecified atom stereocenters. The lowest BCUT2D eigenvalue weighted by molar-refractivity contribution is 0.373. The van der Waals surface area contributed by atoms with Crippen molar-refractivity contribution in [2.24, 2.45) is 4.99 Å². The molecule has 0 amide bonds. The van der Waals surface area contributed by atoms with Crippen LogP contribution in [0.15, 0.2) is 34.5 Å². The molecular formula is C17H22N2O2S2. The number of allylic oxidation sites excluding steroid dienone is 1. The van der Waals surface area contributed by atoms with Gasteiger partial charge in [-0.3, -0.25) is 4.99 Å². The lowest BCUT2D eigenvalue weighted by Crippen LogP contribution is -2.18. The van der Waals surface area contributed by atoms with Gasteiger partial charge in [-0.15, -0.1) is 11.8 Å². The minimum atomic E-state index is 0.123. The first-order chi connectivity index (χ1) is 11.2. The summed E-state index contributed by atoms with van der Waals surface area (Å²) in [5.74, 6) is 0.580. The van der Waals surface area contributed by atoms with Crippen LogP contribution < -0.4 is 10.1 Å². The number of nitrogens with zero attached hydrogens (tertiary/aromatic N) is 1. The Morgan fingerprint density at radius 3 is 3.04 bits per heavy atom. The molecule has 0 bridgehead atoms. The Labute approximate surface area is 147 Å². The Balaban J connectivity index is 1.87. The Bertz CT molecular complexity index is 627. The molecule has 2 N–H and O–H groups in total. The smallest absolute Gasteiger partial charge is 0.166 e. The van der Waals surface area contributed by atoms with E-state index in [9.17, 15) is 5.11 Å². The molecule has 0 aromatic heterocycles. The minimum Gasteiger partial charge on any atom is -0.504 e. The number of methoxy groups -OCH3 is 1. The molecule has 0 radical (unpaired) electrons. The summed E-state index contributed by atoms with van der Waals surface area (Å²) < 4.78 is 6.08. The predicted octanol–water partition coefficient (Wildman–Crippen LogP) is 3.54. The van der Waals surface area contributed by atoms with Crippen molar-refractivity contribution in [3.05, 3.63) is 35.0 Å². The van der Waals surface area contributed by atoms with E-state index in [4.69, 9.17) is 17.0 Å². The highest BCUT2D eigenvalue weighted by Crippen LogP contribution is 2.29. The number of thioether (sulfide) groups is 1. The van der Waals surface area contributed by atoms with Gasteiger partial charge < -0.3 is 15.2 Å². The quantitative estimate of drug-likeness (QED) is 0.447. The van der Waals surface area contributed by atoms with Gasteiger partial charge in [-0.25, -0.2) is 0 Å². The molecule has 23 heavy (non-hydrogen) atoms. The molecule has 0 atom stereocenters. The van der Waals surface area contributed by atoms with E-state index >= 15 is 0 Å². The zero-order chi connectivity index (χ0) is 16.7. The Kier molecular flexibility index (Phi) is 6.92. The largest absolute Gasteiger partial charge is 0.504 e. The van der Waals surface area contributed by atoms with E-state index < -0.39 is 0 Å². The van der Waals surface area contributed by atoms with E-state index in [-0.39, 0.29) is 5.75 Å². The first-order valence-electron chi connectivity index (χ1n) is 7.57. The van der Waals surface area contributed by atoms with Crippen LogP contribution in [0.2, 0.25) is 0 Å². The summed E-state index contributed by atoms with van der Waals surface area (Å²) in [5.41, 5.74) is 3.22. The number of hydrogen-bond donors (Lipinski definition) is 2. The van der Waals surface area contributed by atoms with Gasteiger partial charge in [0, 0.05) is 24.0 Å². The van der Waals surface area contributed by atoms with Crippen molar-refractivity contribution in [3.8, 4) is 11.5 Å². The third kappa shape index (κ3) is 4.72. The van der Waals surface area contributed by atoms with Gasteiger partial charge in [0.1, 0.15) is 0 Å². The summed E-state index contributed by atoms with van der Waals surface area (Å²) in [5, 5.41) is 13.4. The summed E-state index contributed by atoms with van der Waals surface area (Å²) in [7, 11) is 1.53. The predicted molar refractivity (Wildman–Crippen MR) is 102 cm³/mol. The van der Waals surface area contributed by atoms with Gasteiger partial charge in [0.05, 0.1) is 17.9 Å². The van der Waals surface area contributed by atoms with Gasteiger partial charge in [-0.1, -0.05) is 18.3 Å². The zero-order valence-corrected chi connectivity index (χ0v) is 15.1. The van der Waals surface area contributed by atoms with Crippen molar-refractivity contribution >= 4 is 34.4 Å². The molecule has 1 aliphatic rings. The fraction of sp³-hybridized carbons (Fsp3) is 0.412. The first kappa shape index (κ1) is 17.8. The van der Waals surface area contributed by atoms with Gasteiger partial charge in [-0.05, 0) is 43.2 Å².